The average molecular weight is 433 g/mol. The van der Waals surface area contributed by atoms with E-state index < -0.39 is 0 Å². The van der Waals surface area contributed by atoms with Crippen molar-refractivity contribution in [2.24, 2.45) is 5.92 Å². The molecule has 2 aromatic carbocycles. The van der Waals surface area contributed by atoms with Crippen LogP contribution in [0.2, 0.25) is 0 Å². The molecule has 2 heterocycles. The van der Waals surface area contributed by atoms with Crippen LogP contribution in [-0.2, 0) is 12.0 Å². The lowest BCUT2D eigenvalue weighted by atomic mass is 9.80. The summed E-state index contributed by atoms with van der Waals surface area (Å²) >= 11 is 0. The lowest BCUT2D eigenvalue weighted by Gasteiger charge is -2.25. The van der Waals surface area contributed by atoms with Crippen LogP contribution in [0.1, 0.15) is 40.5 Å². The van der Waals surface area contributed by atoms with Crippen molar-refractivity contribution >= 4 is 5.91 Å². The molecule has 1 N–H and O–H groups in total. The van der Waals surface area contributed by atoms with Gasteiger partial charge in [-0.2, -0.15) is 4.98 Å². The first-order valence-corrected chi connectivity index (χ1v) is 11.1. The first kappa shape index (κ1) is 20.7. The molecule has 3 aromatic rings. The zero-order chi connectivity index (χ0) is 22.1. The Balaban J connectivity index is 1.34. The summed E-state index contributed by atoms with van der Waals surface area (Å²) in [7, 11) is 1.60. The van der Waals surface area contributed by atoms with Crippen LogP contribution in [0.15, 0.2) is 59.1 Å². The normalized spacial score (nSPS) is 24.9. The Kier molecular flexibility index (Phi) is 5.43. The van der Waals surface area contributed by atoms with Gasteiger partial charge < -0.3 is 14.6 Å². The monoisotopic (exact) mass is 432 g/mol. The van der Waals surface area contributed by atoms with E-state index >= 15 is 0 Å². The van der Waals surface area contributed by atoms with Crippen molar-refractivity contribution in [3.05, 3.63) is 77.4 Å². The summed E-state index contributed by atoms with van der Waals surface area (Å²) in [5, 5.41) is 7.31. The first-order chi connectivity index (χ1) is 15.6. The van der Waals surface area contributed by atoms with Gasteiger partial charge in [0.2, 0.25) is 5.89 Å². The minimum absolute atomic E-state index is 0.0600. The molecule has 7 nitrogen and oxygen atoms in total. The van der Waals surface area contributed by atoms with E-state index in [1.165, 1.54) is 5.56 Å². The molecule has 0 unspecified atom stereocenters. The number of carbonyl (C=O) groups excluding carboxylic acids is 1. The Labute approximate surface area is 187 Å². The van der Waals surface area contributed by atoms with E-state index in [9.17, 15) is 4.79 Å². The largest absolute Gasteiger partial charge is 0.497 e. The summed E-state index contributed by atoms with van der Waals surface area (Å²) in [5.74, 6) is 2.30. The molecule has 1 aliphatic carbocycles. The smallest absolute Gasteiger partial charge is 0.251 e. The Morgan fingerprint density at radius 1 is 1.25 bits per heavy atom. The highest BCUT2D eigenvalue weighted by molar-refractivity contribution is 5.94. The first-order valence-electron chi connectivity index (χ1n) is 11.1. The molecular weight excluding hydrogens is 404 g/mol. The number of hydrogen-bond donors (Lipinski definition) is 1. The number of ether oxygens (including phenoxy) is 1. The van der Waals surface area contributed by atoms with Crippen LogP contribution in [0.4, 0.5) is 0 Å². The topological polar surface area (TPSA) is 80.5 Å². The number of amides is 1. The Hall–Kier alpha value is -3.19. The highest BCUT2D eigenvalue weighted by atomic mass is 16.5. The van der Waals surface area contributed by atoms with Crippen molar-refractivity contribution in [2.75, 3.05) is 20.2 Å². The van der Waals surface area contributed by atoms with Gasteiger partial charge in [0.15, 0.2) is 5.82 Å². The number of methoxy groups -OCH3 is 1. The quantitative estimate of drug-likeness (QED) is 0.644. The van der Waals surface area contributed by atoms with Crippen LogP contribution in [-0.4, -0.2) is 47.2 Å². The van der Waals surface area contributed by atoms with Gasteiger partial charge in [0.25, 0.3) is 5.91 Å². The summed E-state index contributed by atoms with van der Waals surface area (Å²) in [4.78, 5) is 20.0. The number of hydrogen-bond acceptors (Lipinski definition) is 6. The molecule has 7 heteroatoms. The second kappa shape index (κ2) is 8.39. The second-order valence-corrected chi connectivity index (χ2v) is 9.00. The molecule has 5 rings (SSSR count). The van der Waals surface area contributed by atoms with Crippen LogP contribution in [0, 0.1) is 12.8 Å². The van der Waals surface area contributed by atoms with Crippen molar-refractivity contribution in [3.63, 3.8) is 0 Å². The van der Waals surface area contributed by atoms with Crippen LogP contribution in [0.3, 0.4) is 0 Å². The maximum atomic E-state index is 12.9. The maximum Gasteiger partial charge on any atom is 0.251 e. The zero-order valence-corrected chi connectivity index (χ0v) is 18.5. The number of likely N-dealkylation sites (tertiary alicyclic amines) is 1. The highest BCUT2D eigenvalue weighted by Crippen LogP contribution is 2.50. The number of fused-ring (bicyclic) bond motifs is 1. The lowest BCUT2D eigenvalue weighted by Crippen LogP contribution is -2.38. The molecule has 0 spiro atoms. The fraction of sp³-hybridized carbons (Fsp3) is 0.400. The van der Waals surface area contributed by atoms with Crippen molar-refractivity contribution in [1.29, 1.82) is 0 Å². The van der Waals surface area contributed by atoms with Crippen molar-refractivity contribution in [1.82, 2.24) is 20.4 Å². The highest BCUT2D eigenvalue weighted by Gasteiger charge is 2.57. The number of aryl methyl sites for hydroxylation is 1. The standard InChI is InChI=1S/C25H28N4O3/c1-17-26-24(32-28-17)25-13-21(27-23(30)19-9-6-10-22(11-19)31-2)12-20(25)15-29(16-25)14-18-7-4-3-5-8-18/h3-11,20-21H,12-16H2,1-2H3,(H,27,30)/t20-,21+,25-/m0/s1. The number of carbonyl (C=O) groups is 1. The van der Waals surface area contributed by atoms with E-state index in [-0.39, 0.29) is 17.4 Å². The van der Waals surface area contributed by atoms with Gasteiger partial charge in [-0.05, 0) is 49.4 Å². The van der Waals surface area contributed by atoms with Gasteiger partial charge in [-0.1, -0.05) is 41.6 Å². The van der Waals surface area contributed by atoms with Crippen LogP contribution in [0.5, 0.6) is 5.75 Å². The number of rotatable bonds is 6. The molecule has 1 saturated carbocycles. The number of nitrogens with zero attached hydrogens (tertiary/aromatic N) is 3. The predicted octanol–water partition coefficient (Wildman–Crippen LogP) is 3.35. The molecule has 1 saturated heterocycles. The molecule has 3 atom stereocenters. The van der Waals surface area contributed by atoms with E-state index in [2.05, 4.69) is 44.6 Å². The summed E-state index contributed by atoms with van der Waals surface area (Å²) in [5.41, 5.74) is 1.67. The molecule has 0 radical (unpaired) electrons. The molecule has 32 heavy (non-hydrogen) atoms. The Bertz CT molecular complexity index is 1100. The van der Waals surface area contributed by atoms with E-state index in [0.29, 0.717) is 28.9 Å². The summed E-state index contributed by atoms with van der Waals surface area (Å²) in [6.45, 7) is 4.54. The van der Waals surface area contributed by atoms with Gasteiger partial charge in [-0.3, -0.25) is 9.69 Å². The Morgan fingerprint density at radius 2 is 2.09 bits per heavy atom. The van der Waals surface area contributed by atoms with Gasteiger partial charge in [0.1, 0.15) is 5.75 Å². The van der Waals surface area contributed by atoms with E-state index in [0.717, 1.165) is 32.5 Å². The third-order valence-electron chi connectivity index (χ3n) is 6.82. The van der Waals surface area contributed by atoms with Crippen molar-refractivity contribution < 1.29 is 14.1 Å². The molecule has 1 amide bonds. The van der Waals surface area contributed by atoms with Crippen LogP contribution in [0.25, 0.3) is 0 Å². The van der Waals surface area contributed by atoms with Gasteiger partial charge in [-0.15, -0.1) is 0 Å². The third-order valence-corrected chi connectivity index (χ3v) is 6.82. The van der Waals surface area contributed by atoms with Crippen molar-refractivity contribution in [3.8, 4) is 5.75 Å². The number of aromatic nitrogens is 2. The molecular formula is C25H28N4O3. The minimum atomic E-state index is -0.234. The zero-order valence-electron chi connectivity index (χ0n) is 18.5. The Morgan fingerprint density at radius 3 is 2.84 bits per heavy atom. The summed E-state index contributed by atoms with van der Waals surface area (Å²) in [6.07, 6.45) is 1.68. The number of benzene rings is 2. The molecule has 1 aliphatic heterocycles. The van der Waals surface area contributed by atoms with Gasteiger partial charge in [0, 0.05) is 31.2 Å². The molecule has 166 valence electrons. The fourth-order valence-electron chi connectivity index (χ4n) is 5.41. The SMILES string of the molecule is COc1cccc(C(=O)N[C@@H]2C[C@H]3CN(Cc4ccccc4)C[C@@]3(c3nc(C)no3)C2)c1. The number of nitrogens with one attached hydrogen (secondary N) is 1. The van der Waals surface area contributed by atoms with Gasteiger partial charge >= 0.3 is 0 Å². The van der Waals surface area contributed by atoms with Crippen LogP contribution >= 0.6 is 0 Å². The van der Waals surface area contributed by atoms with E-state index in [1.54, 1.807) is 13.2 Å². The van der Waals surface area contributed by atoms with Crippen LogP contribution < -0.4 is 10.1 Å². The summed E-state index contributed by atoms with van der Waals surface area (Å²) < 4.78 is 11.0. The molecule has 2 aliphatic rings. The molecule has 0 bridgehead atoms. The van der Waals surface area contributed by atoms with Gasteiger partial charge in [-0.25, -0.2) is 0 Å². The third kappa shape index (κ3) is 3.88. The summed E-state index contributed by atoms with van der Waals surface area (Å²) in [6, 6.07) is 17.8. The van der Waals surface area contributed by atoms with Gasteiger partial charge in [0.05, 0.1) is 12.5 Å². The average Bonchev–Trinajstić information content (AvgIpc) is 3.47. The van der Waals surface area contributed by atoms with E-state index in [1.807, 2.05) is 31.2 Å². The lowest BCUT2D eigenvalue weighted by molar-refractivity contribution is 0.0933. The fourth-order valence-corrected chi connectivity index (χ4v) is 5.41. The minimum Gasteiger partial charge on any atom is -0.497 e. The second-order valence-electron chi connectivity index (χ2n) is 9.00. The molecule has 1 aromatic heterocycles. The van der Waals surface area contributed by atoms with E-state index in [4.69, 9.17) is 9.26 Å². The molecule has 2 fully saturated rings. The van der Waals surface area contributed by atoms with Crippen molar-refractivity contribution in [2.45, 2.75) is 37.8 Å². The predicted molar refractivity (Wildman–Crippen MR) is 119 cm³/mol. The maximum absolute atomic E-state index is 12.9.